The minimum absolute atomic E-state index is 0.0480. The van der Waals surface area contributed by atoms with Crippen molar-refractivity contribution < 1.29 is 33.3 Å². The van der Waals surface area contributed by atoms with Gasteiger partial charge in [-0.3, -0.25) is 0 Å². The first-order chi connectivity index (χ1) is 27.9. The van der Waals surface area contributed by atoms with Gasteiger partial charge in [-0.05, 0) is 89.4 Å². The number of nitrogens with zero attached hydrogens (tertiary/aromatic N) is 3. The zero-order chi connectivity index (χ0) is 42.6. The summed E-state index contributed by atoms with van der Waals surface area (Å²) in [5.41, 5.74) is 0.515. The highest BCUT2D eigenvalue weighted by atomic mass is 31.2. The molecule has 0 saturated heterocycles. The predicted octanol–water partition coefficient (Wildman–Crippen LogP) is 8.43. The summed E-state index contributed by atoms with van der Waals surface area (Å²) in [7, 11) is 2.13. The van der Waals surface area contributed by atoms with Gasteiger partial charge < -0.3 is 33.3 Å². The average molecular weight is 814 g/mol. The molecule has 0 aliphatic heterocycles. The lowest BCUT2D eigenvalue weighted by molar-refractivity contribution is -0.114. The second-order valence-electron chi connectivity index (χ2n) is 15.1. The zero-order valence-corrected chi connectivity index (χ0v) is 36.8. The Morgan fingerprint density at radius 3 is 1.69 bits per heavy atom. The molecule has 0 amide bonds. The lowest BCUT2D eigenvalue weighted by atomic mass is 9.79. The van der Waals surface area contributed by atoms with Crippen LogP contribution in [-0.4, -0.2) is 99.1 Å². The van der Waals surface area contributed by atoms with E-state index < -0.39 is 19.5 Å². The highest BCUT2D eigenvalue weighted by Crippen LogP contribution is 2.51. The Balaban J connectivity index is 1.91. The maximum Gasteiger partial charge on any atom is 0.189 e. The van der Waals surface area contributed by atoms with E-state index in [0.717, 1.165) is 16.7 Å². The van der Waals surface area contributed by atoms with Gasteiger partial charge in [0.2, 0.25) is 0 Å². The maximum atomic E-state index is 11.1. The molecular formula is C47H64N3O7P. The van der Waals surface area contributed by atoms with Gasteiger partial charge in [-0.2, -0.15) is 5.26 Å². The number of aliphatic hydroxyl groups excluding tert-OH is 1. The molecule has 0 aliphatic carbocycles. The van der Waals surface area contributed by atoms with Crippen LogP contribution < -0.4 is 9.47 Å². The molecule has 0 aromatic heterocycles. The molecule has 3 unspecified atom stereocenters. The van der Waals surface area contributed by atoms with Crippen LogP contribution in [0.15, 0.2) is 78.9 Å². The first kappa shape index (κ1) is 48.4. The lowest BCUT2D eigenvalue weighted by Crippen LogP contribution is -2.45. The molecule has 1 N–H and O–H groups in total. The van der Waals surface area contributed by atoms with Crippen molar-refractivity contribution in [3.63, 3.8) is 0 Å². The third-order valence-corrected chi connectivity index (χ3v) is 12.6. The van der Waals surface area contributed by atoms with Crippen LogP contribution >= 0.6 is 8.45 Å². The number of aliphatic hydroxyl groups is 1. The summed E-state index contributed by atoms with van der Waals surface area (Å²) in [6.07, 6.45) is 6.50. The number of nitriles is 1. The van der Waals surface area contributed by atoms with Crippen molar-refractivity contribution in [1.82, 2.24) is 9.34 Å². The Hall–Kier alpha value is -3.98. The van der Waals surface area contributed by atoms with Crippen LogP contribution in [0, 0.1) is 40.9 Å². The summed E-state index contributed by atoms with van der Waals surface area (Å²) in [5.74, 6) is 10.5. The van der Waals surface area contributed by atoms with Crippen LogP contribution in [0.2, 0.25) is 0 Å². The Labute approximate surface area is 349 Å². The fourth-order valence-corrected chi connectivity index (χ4v) is 9.26. The summed E-state index contributed by atoms with van der Waals surface area (Å²) < 4.78 is 41.5. The van der Waals surface area contributed by atoms with Crippen molar-refractivity contribution in [2.75, 3.05) is 60.5 Å². The fraction of sp³-hybridized carbons (Fsp3) is 0.511. The number of benzene rings is 3. The maximum absolute atomic E-state index is 11.1. The van der Waals surface area contributed by atoms with Crippen LogP contribution in [0.4, 0.5) is 0 Å². The quantitative estimate of drug-likeness (QED) is 0.0388. The molecule has 0 spiro atoms. The third kappa shape index (κ3) is 13.3. The van der Waals surface area contributed by atoms with Gasteiger partial charge in [0.1, 0.15) is 30.3 Å². The van der Waals surface area contributed by atoms with Gasteiger partial charge in [-0.25, -0.2) is 9.34 Å². The zero-order valence-electron chi connectivity index (χ0n) is 35.9. The van der Waals surface area contributed by atoms with E-state index >= 15 is 0 Å². The van der Waals surface area contributed by atoms with Gasteiger partial charge in [-0.1, -0.05) is 72.4 Å². The fourth-order valence-electron chi connectivity index (χ4n) is 6.90. The van der Waals surface area contributed by atoms with Gasteiger partial charge in [0, 0.05) is 30.6 Å². The number of ether oxygens (including phenoxy) is 5. The average Bonchev–Trinajstić information content (AvgIpc) is 3.22. The van der Waals surface area contributed by atoms with E-state index in [1.54, 1.807) is 14.2 Å². The Morgan fingerprint density at radius 2 is 1.22 bits per heavy atom. The SMILES string of the molecule is C#CCOCC(CO)(COCC#CCC(C)N(C(C)C)P(OCCC#N)N(C(C)C)C(C)C)COC(c1ccccc1)(c1ccc(OC)cc1)c1ccc(OC)cc1. The summed E-state index contributed by atoms with van der Waals surface area (Å²) in [6, 6.07) is 28.6. The summed E-state index contributed by atoms with van der Waals surface area (Å²) >= 11 is 0. The lowest BCUT2D eigenvalue weighted by Gasteiger charge is -2.46. The van der Waals surface area contributed by atoms with Gasteiger partial charge >= 0.3 is 0 Å². The van der Waals surface area contributed by atoms with Crippen molar-refractivity contribution >= 4 is 8.45 Å². The molecule has 3 atom stereocenters. The van der Waals surface area contributed by atoms with Crippen molar-refractivity contribution in [2.45, 2.75) is 91.1 Å². The monoisotopic (exact) mass is 813 g/mol. The predicted molar refractivity (Wildman–Crippen MR) is 232 cm³/mol. The standard InChI is InChI=1S/C47H64N3O7P/c1-11-30-54-34-46(33-51,35-55-31-16-15-18-40(8)50(39(6)7)58(57-32-17-29-48)49(37(2)3)38(4)5)36-56-47(41-19-13-12-14-20-41,42-21-25-44(52-9)26-22-42)43-23-27-45(53-10)28-24-43/h1,12-14,19-28,37-40,51H,17-18,30-36H2,2-10H3. The molecule has 0 saturated carbocycles. The molecule has 0 bridgehead atoms. The van der Waals surface area contributed by atoms with Gasteiger partial charge in [0.05, 0.1) is 65.2 Å². The van der Waals surface area contributed by atoms with E-state index in [1.807, 2.05) is 78.9 Å². The molecular weight excluding hydrogens is 750 g/mol. The number of rotatable bonds is 25. The van der Waals surface area contributed by atoms with E-state index in [2.05, 4.69) is 81.6 Å². The molecule has 10 nitrogen and oxygen atoms in total. The molecule has 314 valence electrons. The second kappa shape index (κ2) is 24.8. The second-order valence-corrected chi connectivity index (χ2v) is 16.8. The minimum atomic E-state index is -1.15. The number of methoxy groups -OCH3 is 2. The van der Waals surface area contributed by atoms with E-state index in [9.17, 15) is 10.4 Å². The van der Waals surface area contributed by atoms with Crippen molar-refractivity contribution in [3.05, 3.63) is 95.6 Å². The Kier molecular flexibility index (Phi) is 20.7. The topological polar surface area (TPSA) is 106 Å². The molecule has 0 aliphatic rings. The van der Waals surface area contributed by atoms with Crippen molar-refractivity contribution in [1.29, 1.82) is 5.26 Å². The van der Waals surface area contributed by atoms with E-state index in [4.69, 9.17) is 34.6 Å². The third-order valence-electron chi connectivity index (χ3n) is 9.66. The van der Waals surface area contributed by atoms with Crippen LogP contribution in [0.5, 0.6) is 11.5 Å². The molecule has 11 heteroatoms. The molecule has 3 aromatic carbocycles. The highest BCUT2D eigenvalue weighted by molar-refractivity contribution is 7.47. The first-order valence-electron chi connectivity index (χ1n) is 19.9. The van der Waals surface area contributed by atoms with Gasteiger partial charge in [-0.15, -0.1) is 6.42 Å². The number of hydrogen-bond acceptors (Lipinski definition) is 10. The molecule has 3 aromatic rings. The number of terminal acetylenes is 1. The van der Waals surface area contributed by atoms with Crippen LogP contribution in [0.1, 0.15) is 78.0 Å². The van der Waals surface area contributed by atoms with Crippen LogP contribution in [-0.2, 0) is 24.3 Å². The van der Waals surface area contributed by atoms with E-state index in [0.29, 0.717) is 30.9 Å². The smallest absolute Gasteiger partial charge is 0.189 e. The molecule has 0 radical (unpaired) electrons. The van der Waals surface area contributed by atoms with Gasteiger partial charge in [0.15, 0.2) is 8.45 Å². The molecule has 0 heterocycles. The number of hydrogen-bond donors (Lipinski definition) is 1. The van der Waals surface area contributed by atoms with E-state index in [1.165, 1.54) is 0 Å². The van der Waals surface area contributed by atoms with Crippen LogP contribution in [0.25, 0.3) is 0 Å². The normalized spacial score (nSPS) is 13.8. The van der Waals surface area contributed by atoms with Crippen molar-refractivity contribution in [3.8, 4) is 41.8 Å². The van der Waals surface area contributed by atoms with Crippen LogP contribution in [0.3, 0.4) is 0 Å². The molecule has 3 rings (SSSR count). The molecule has 58 heavy (non-hydrogen) atoms. The van der Waals surface area contributed by atoms with Gasteiger partial charge in [0.25, 0.3) is 0 Å². The highest BCUT2D eigenvalue weighted by Gasteiger charge is 2.42. The Morgan fingerprint density at radius 1 is 0.707 bits per heavy atom. The largest absolute Gasteiger partial charge is 0.497 e. The minimum Gasteiger partial charge on any atom is -0.497 e. The summed E-state index contributed by atoms with van der Waals surface area (Å²) in [6.45, 7) is 15.8. The Bertz CT molecular complexity index is 1710. The first-order valence-corrected chi connectivity index (χ1v) is 21.1. The summed E-state index contributed by atoms with van der Waals surface area (Å²) in [4.78, 5) is 0. The summed E-state index contributed by atoms with van der Waals surface area (Å²) in [5, 5.41) is 20.3. The van der Waals surface area contributed by atoms with E-state index in [-0.39, 0.29) is 63.8 Å². The van der Waals surface area contributed by atoms with Crippen molar-refractivity contribution in [2.24, 2.45) is 5.41 Å². The molecule has 0 fully saturated rings.